The maximum atomic E-state index is 12.1. The standard InChI is InChI=1S/C13H16N2O4/c14-9-1-2-10(13(17)18)11(7-9)15-12(16)8-3-5-19-6-4-8/h1-2,7-8H,3-6,14H2,(H,15,16)(H,17,18). The topological polar surface area (TPSA) is 102 Å². The Bertz CT molecular complexity index is 495. The molecule has 1 aromatic carbocycles. The molecule has 0 aliphatic carbocycles. The molecule has 0 radical (unpaired) electrons. The van der Waals surface area contributed by atoms with E-state index in [0.717, 1.165) is 0 Å². The Morgan fingerprint density at radius 2 is 2.00 bits per heavy atom. The number of hydrogen-bond donors (Lipinski definition) is 3. The van der Waals surface area contributed by atoms with Gasteiger partial charge in [-0.1, -0.05) is 0 Å². The third kappa shape index (κ3) is 3.23. The van der Waals surface area contributed by atoms with Gasteiger partial charge < -0.3 is 20.9 Å². The molecule has 0 atom stereocenters. The maximum Gasteiger partial charge on any atom is 0.337 e. The van der Waals surface area contributed by atoms with Crippen molar-refractivity contribution in [2.24, 2.45) is 5.92 Å². The number of carbonyl (C=O) groups is 2. The molecule has 2 rings (SSSR count). The second kappa shape index (κ2) is 5.71. The molecule has 1 aromatic rings. The van der Waals surface area contributed by atoms with E-state index in [2.05, 4.69) is 5.32 Å². The number of hydrogen-bond acceptors (Lipinski definition) is 4. The summed E-state index contributed by atoms with van der Waals surface area (Å²) in [4.78, 5) is 23.1. The second-order valence-electron chi connectivity index (χ2n) is 4.49. The van der Waals surface area contributed by atoms with E-state index in [1.54, 1.807) is 0 Å². The van der Waals surface area contributed by atoms with Gasteiger partial charge in [0.1, 0.15) is 0 Å². The lowest BCUT2D eigenvalue weighted by Crippen LogP contribution is -2.29. The molecule has 1 amide bonds. The largest absolute Gasteiger partial charge is 0.478 e. The van der Waals surface area contributed by atoms with Crippen LogP contribution in [-0.4, -0.2) is 30.2 Å². The molecule has 4 N–H and O–H groups in total. The van der Waals surface area contributed by atoms with E-state index in [4.69, 9.17) is 15.6 Å². The number of carboxylic acids is 1. The highest BCUT2D eigenvalue weighted by Crippen LogP contribution is 2.22. The Morgan fingerprint density at radius 3 is 2.63 bits per heavy atom. The van der Waals surface area contributed by atoms with Crippen molar-refractivity contribution in [3.05, 3.63) is 23.8 Å². The molecule has 0 saturated carbocycles. The predicted molar refractivity (Wildman–Crippen MR) is 70.0 cm³/mol. The van der Waals surface area contributed by atoms with Gasteiger partial charge in [0.05, 0.1) is 11.3 Å². The van der Waals surface area contributed by atoms with E-state index >= 15 is 0 Å². The van der Waals surface area contributed by atoms with E-state index < -0.39 is 5.97 Å². The maximum absolute atomic E-state index is 12.1. The highest BCUT2D eigenvalue weighted by Gasteiger charge is 2.23. The number of aromatic carboxylic acids is 1. The first-order valence-electron chi connectivity index (χ1n) is 6.09. The first-order chi connectivity index (χ1) is 9.08. The minimum absolute atomic E-state index is 0.0367. The SMILES string of the molecule is Nc1ccc(C(=O)O)c(NC(=O)C2CCOCC2)c1. The summed E-state index contributed by atoms with van der Waals surface area (Å²) in [6.45, 7) is 1.11. The van der Waals surface area contributed by atoms with Gasteiger partial charge >= 0.3 is 5.97 Å². The zero-order valence-electron chi connectivity index (χ0n) is 10.4. The number of carboxylic acid groups (broad SMARTS) is 1. The molecule has 0 unspecified atom stereocenters. The number of rotatable bonds is 3. The number of nitrogens with two attached hydrogens (primary N) is 1. The third-order valence-corrected chi connectivity index (χ3v) is 3.12. The number of carbonyl (C=O) groups excluding carboxylic acids is 1. The van der Waals surface area contributed by atoms with Gasteiger partial charge in [-0.15, -0.1) is 0 Å². The fraction of sp³-hybridized carbons (Fsp3) is 0.385. The van der Waals surface area contributed by atoms with Gasteiger partial charge in [-0.05, 0) is 31.0 Å². The van der Waals surface area contributed by atoms with E-state index in [0.29, 0.717) is 31.7 Å². The van der Waals surface area contributed by atoms with Crippen molar-refractivity contribution in [2.75, 3.05) is 24.3 Å². The van der Waals surface area contributed by atoms with Gasteiger partial charge in [0, 0.05) is 24.8 Å². The Balaban J connectivity index is 2.15. The smallest absolute Gasteiger partial charge is 0.337 e. The van der Waals surface area contributed by atoms with Crippen molar-refractivity contribution in [3.8, 4) is 0 Å². The van der Waals surface area contributed by atoms with Crippen molar-refractivity contribution < 1.29 is 19.4 Å². The number of nitrogen functional groups attached to an aromatic ring is 1. The van der Waals surface area contributed by atoms with Crippen LogP contribution in [0.2, 0.25) is 0 Å². The van der Waals surface area contributed by atoms with Gasteiger partial charge in [0.15, 0.2) is 0 Å². The molecule has 1 saturated heterocycles. The van der Waals surface area contributed by atoms with Gasteiger partial charge in [0.2, 0.25) is 5.91 Å². The number of amides is 1. The van der Waals surface area contributed by atoms with Crippen LogP contribution in [0.25, 0.3) is 0 Å². The molecule has 1 fully saturated rings. The average Bonchev–Trinajstić information content (AvgIpc) is 2.39. The van der Waals surface area contributed by atoms with Gasteiger partial charge in [0.25, 0.3) is 0 Å². The fourth-order valence-electron chi connectivity index (χ4n) is 2.05. The van der Waals surface area contributed by atoms with Crippen LogP contribution in [0, 0.1) is 5.92 Å². The van der Waals surface area contributed by atoms with Crippen molar-refractivity contribution in [2.45, 2.75) is 12.8 Å². The number of ether oxygens (including phenoxy) is 1. The average molecular weight is 264 g/mol. The normalized spacial score (nSPS) is 16.0. The van der Waals surface area contributed by atoms with Gasteiger partial charge in [-0.2, -0.15) is 0 Å². The van der Waals surface area contributed by atoms with Crippen LogP contribution in [0.5, 0.6) is 0 Å². The number of anilines is 2. The summed E-state index contributed by atoms with van der Waals surface area (Å²) < 4.78 is 5.19. The molecule has 19 heavy (non-hydrogen) atoms. The monoisotopic (exact) mass is 264 g/mol. The minimum Gasteiger partial charge on any atom is -0.478 e. The third-order valence-electron chi connectivity index (χ3n) is 3.12. The molecule has 6 heteroatoms. The highest BCUT2D eigenvalue weighted by atomic mass is 16.5. The number of nitrogens with one attached hydrogen (secondary N) is 1. The van der Waals surface area contributed by atoms with Crippen molar-refractivity contribution in [1.29, 1.82) is 0 Å². The Hall–Kier alpha value is -2.08. The van der Waals surface area contributed by atoms with Crippen LogP contribution in [0.3, 0.4) is 0 Å². The minimum atomic E-state index is -1.10. The van der Waals surface area contributed by atoms with Crippen molar-refractivity contribution in [3.63, 3.8) is 0 Å². The quantitative estimate of drug-likeness (QED) is 0.715. The molecule has 1 heterocycles. The lowest BCUT2D eigenvalue weighted by Gasteiger charge is -2.21. The lowest BCUT2D eigenvalue weighted by atomic mass is 9.99. The molecule has 1 aliphatic rings. The fourth-order valence-corrected chi connectivity index (χ4v) is 2.05. The Morgan fingerprint density at radius 1 is 1.32 bits per heavy atom. The van der Waals surface area contributed by atoms with E-state index in [9.17, 15) is 9.59 Å². The first kappa shape index (κ1) is 13.4. The zero-order valence-corrected chi connectivity index (χ0v) is 10.4. The van der Waals surface area contributed by atoms with Crippen LogP contribution in [-0.2, 0) is 9.53 Å². The summed E-state index contributed by atoms with van der Waals surface area (Å²) in [5, 5.41) is 11.7. The Kier molecular flexibility index (Phi) is 4.01. The summed E-state index contributed by atoms with van der Waals surface area (Å²) in [5.74, 6) is -1.42. The summed E-state index contributed by atoms with van der Waals surface area (Å²) in [6, 6.07) is 4.34. The van der Waals surface area contributed by atoms with Crippen LogP contribution >= 0.6 is 0 Å². The molecule has 0 aromatic heterocycles. The number of benzene rings is 1. The molecular formula is C13H16N2O4. The lowest BCUT2D eigenvalue weighted by molar-refractivity contribution is -0.122. The zero-order chi connectivity index (χ0) is 13.8. The highest BCUT2D eigenvalue weighted by molar-refractivity contribution is 6.01. The summed E-state index contributed by atoms with van der Waals surface area (Å²) in [5.41, 5.74) is 6.30. The predicted octanol–water partition coefficient (Wildman–Crippen LogP) is 1.33. The summed E-state index contributed by atoms with van der Waals surface area (Å²) >= 11 is 0. The van der Waals surface area contributed by atoms with E-state index in [1.165, 1.54) is 18.2 Å². The van der Waals surface area contributed by atoms with Gasteiger partial charge in [-0.3, -0.25) is 4.79 Å². The molecule has 102 valence electrons. The summed E-state index contributed by atoms with van der Waals surface area (Å²) in [6.07, 6.45) is 1.30. The van der Waals surface area contributed by atoms with Crippen LogP contribution in [0.4, 0.5) is 11.4 Å². The molecule has 6 nitrogen and oxygen atoms in total. The Labute approximate surface area is 110 Å². The van der Waals surface area contributed by atoms with E-state index in [-0.39, 0.29) is 23.1 Å². The molecule has 0 bridgehead atoms. The molecule has 0 spiro atoms. The van der Waals surface area contributed by atoms with Crippen molar-refractivity contribution >= 4 is 23.3 Å². The van der Waals surface area contributed by atoms with Crippen molar-refractivity contribution in [1.82, 2.24) is 0 Å². The van der Waals surface area contributed by atoms with Crippen LogP contribution in [0.1, 0.15) is 23.2 Å². The first-order valence-corrected chi connectivity index (χ1v) is 6.09. The van der Waals surface area contributed by atoms with Crippen LogP contribution in [0.15, 0.2) is 18.2 Å². The second-order valence-corrected chi connectivity index (χ2v) is 4.49. The van der Waals surface area contributed by atoms with E-state index in [1.807, 2.05) is 0 Å². The molecular weight excluding hydrogens is 248 g/mol. The van der Waals surface area contributed by atoms with Gasteiger partial charge in [-0.25, -0.2) is 4.79 Å². The van der Waals surface area contributed by atoms with Crippen LogP contribution < -0.4 is 11.1 Å². The summed E-state index contributed by atoms with van der Waals surface area (Å²) in [7, 11) is 0. The molecule has 1 aliphatic heterocycles.